The molecular weight excluding hydrogens is 362 g/mol. The maximum Gasteiger partial charge on any atom is 0.358 e. The van der Waals surface area contributed by atoms with E-state index < -0.39 is 11.9 Å². The van der Waals surface area contributed by atoms with Gasteiger partial charge in [-0.1, -0.05) is 18.2 Å². The van der Waals surface area contributed by atoms with Gasteiger partial charge in [-0.05, 0) is 38.1 Å². The third kappa shape index (κ3) is 4.14. The number of esters is 2. The van der Waals surface area contributed by atoms with Crippen LogP contribution in [0.3, 0.4) is 0 Å². The number of carbonyl (C=O) groups is 2. The lowest BCUT2D eigenvalue weighted by atomic mass is 10.3. The summed E-state index contributed by atoms with van der Waals surface area (Å²) in [4.78, 5) is 24.0. The van der Waals surface area contributed by atoms with Gasteiger partial charge < -0.3 is 14.8 Å². The monoisotopic (exact) mass is 381 g/mol. The third-order valence-electron chi connectivity index (χ3n) is 3.66. The molecule has 1 N–H and O–H groups in total. The number of benzene rings is 1. The average Bonchev–Trinajstić information content (AvgIpc) is 3.13. The summed E-state index contributed by atoms with van der Waals surface area (Å²) in [7, 11) is 0. The van der Waals surface area contributed by atoms with Crippen molar-refractivity contribution >= 4 is 23.6 Å². The van der Waals surface area contributed by atoms with Gasteiger partial charge in [0.1, 0.15) is 11.4 Å². The number of nitrogens with one attached hydrogen (secondary N) is 1. The topological polar surface area (TPSA) is 108 Å². The summed E-state index contributed by atoms with van der Waals surface area (Å²) in [5, 5.41) is 15.2. The number of aromatic nitrogens is 4. The summed E-state index contributed by atoms with van der Waals surface area (Å²) in [5.74, 6) is -0.356. The lowest BCUT2D eigenvalue weighted by Crippen LogP contribution is -2.11. The van der Waals surface area contributed by atoms with Crippen LogP contribution in [0.4, 0.5) is 11.6 Å². The zero-order valence-corrected chi connectivity index (χ0v) is 15.5. The van der Waals surface area contributed by atoms with Crippen LogP contribution in [0.15, 0.2) is 48.7 Å². The van der Waals surface area contributed by atoms with Gasteiger partial charge in [0.15, 0.2) is 11.5 Å². The molecule has 28 heavy (non-hydrogen) atoms. The quantitative estimate of drug-likeness (QED) is 0.623. The summed E-state index contributed by atoms with van der Waals surface area (Å²) in [6, 6.07) is 12.4. The van der Waals surface area contributed by atoms with E-state index in [0.29, 0.717) is 11.6 Å². The molecule has 0 amide bonds. The number of rotatable bonds is 7. The molecule has 2 heterocycles. The van der Waals surface area contributed by atoms with Gasteiger partial charge in [0, 0.05) is 0 Å². The number of anilines is 2. The minimum absolute atomic E-state index is 0.0922. The molecule has 9 nitrogen and oxygen atoms in total. The number of nitrogens with zero attached hydrogens (tertiary/aromatic N) is 4. The summed E-state index contributed by atoms with van der Waals surface area (Å²) in [6.45, 7) is 3.93. The summed E-state index contributed by atoms with van der Waals surface area (Å²) >= 11 is 0. The summed E-state index contributed by atoms with van der Waals surface area (Å²) < 4.78 is 11.6. The van der Waals surface area contributed by atoms with Crippen molar-refractivity contribution in [1.82, 2.24) is 20.0 Å². The van der Waals surface area contributed by atoms with Gasteiger partial charge in [-0.15, -0.1) is 10.2 Å². The van der Waals surface area contributed by atoms with Gasteiger partial charge in [-0.2, -0.15) is 5.10 Å². The van der Waals surface area contributed by atoms with Gasteiger partial charge >= 0.3 is 11.9 Å². The Balaban J connectivity index is 1.94. The van der Waals surface area contributed by atoms with Crippen LogP contribution in [0.25, 0.3) is 5.69 Å². The van der Waals surface area contributed by atoms with Crippen LogP contribution < -0.4 is 5.32 Å². The Hall–Kier alpha value is -3.75. The SMILES string of the molecule is CCOC(=O)c1ccc(Nc2c(C(=O)OCC)cnn2-c2ccccc2)nn1. The normalized spacial score (nSPS) is 10.4. The van der Waals surface area contributed by atoms with Gasteiger partial charge in [-0.25, -0.2) is 14.3 Å². The van der Waals surface area contributed by atoms with Crippen LogP contribution in [0.2, 0.25) is 0 Å². The first-order chi connectivity index (χ1) is 13.6. The van der Waals surface area contributed by atoms with E-state index in [1.165, 1.54) is 12.3 Å². The first-order valence-electron chi connectivity index (χ1n) is 8.72. The highest BCUT2D eigenvalue weighted by Crippen LogP contribution is 2.24. The summed E-state index contributed by atoms with van der Waals surface area (Å²) in [6.07, 6.45) is 1.42. The highest BCUT2D eigenvalue weighted by Gasteiger charge is 2.20. The Bertz CT molecular complexity index is 954. The molecule has 0 bridgehead atoms. The second kappa shape index (κ2) is 8.76. The van der Waals surface area contributed by atoms with Crippen LogP contribution in [0, 0.1) is 0 Å². The Morgan fingerprint density at radius 3 is 2.32 bits per heavy atom. The average molecular weight is 381 g/mol. The zero-order valence-electron chi connectivity index (χ0n) is 15.5. The largest absolute Gasteiger partial charge is 0.462 e. The number of hydrogen-bond acceptors (Lipinski definition) is 8. The van der Waals surface area contributed by atoms with E-state index in [2.05, 4.69) is 20.6 Å². The molecule has 9 heteroatoms. The second-order valence-corrected chi connectivity index (χ2v) is 5.52. The first kappa shape index (κ1) is 19.0. The number of hydrogen-bond donors (Lipinski definition) is 1. The Morgan fingerprint density at radius 1 is 0.964 bits per heavy atom. The third-order valence-corrected chi connectivity index (χ3v) is 3.66. The first-order valence-corrected chi connectivity index (χ1v) is 8.72. The van der Waals surface area contributed by atoms with Crippen molar-refractivity contribution in [3.8, 4) is 5.69 Å². The van der Waals surface area contributed by atoms with Crippen molar-refractivity contribution in [1.29, 1.82) is 0 Å². The van der Waals surface area contributed by atoms with Gasteiger partial charge in [0.25, 0.3) is 0 Å². The predicted molar refractivity (Wildman–Crippen MR) is 101 cm³/mol. The van der Waals surface area contributed by atoms with Crippen LogP contribution in [0.1, 0.15) is 34.7 Å². The van der Waals surface area contributed by atoms with E-state index in [4.69, 9.17) is 9.47 Å². The fourth-order valence-electron chi connectivity index (χ4n) is 2.43. The number of carbonyl (C=O) groups excluding carboxylic acids is 2. The van der Waals surface area contributed by atoms with E-state index in [1.807, 2.05) is 30.3 Å². The molecule has 144 valence electrons. The Labute approximate surface area is 161 Å². The van der Waals surface area contributed by atoms with Crippen molar-refractivity contribution in [2.24, 2.45) is 0 Å². The standard InChI is InChI=1S/C19H19N5O4/c1-3-27-18(25)14-12-20-24(13-8-6-5-7-9-13)17(14)21-16-11-10-15(22-23-16)19(26)28-4-2/h5-12H,3-4H2,1-2H3,(H,21,23). The van der Waals surface area contributed by atoms with Crippen molar-refractivity contribution in [2.45, 2.75) is 13.8 Å². The molecule has 0 aliphatic heterocycles. The minimum Gasteiger partial charge on any atom is -0.462 e. The Kier molecular flexibility index (Phi) is 5.95. The van der Waals surface area contributed by atoms with E-state index in [-0.39, 0.29) is 24.5 Å². The number of ether oxygens (including phenoxy) is 2. The fraction of sp³-hybridized carbons (Fsp3) is 0.211. The van der Waals surface area contributed by atoms with Crippen LogP contribution >= 0.6 is 0 Å². The molecule has 0 fully saturated rings. The maximum atomic E-state index is 12.3. The molecule has 0 radical (unpaired) electrons. The van der Waals surface area contributed by atoms with E-state index >= 15 is 0 Å². The molecule has 3 aromatic rings. The van der Waals surface area contributed by atoms with E-state index in [0.717, 1.165) is 5.69 Å². The van der Waals surface area contributed by atoms with Gasteiger partial charge in [0.05, 0.1) is 25.1 Å². The lowest BCUT2D eigenvalue weighted by molar-refractivity contribution is 0.0512. The molecule has 1 aromatic carbocycles. The van der Waals surface area contributed by atoms with Crippen LogP contribution in [-0.4, -0.2) is 45.1 Å². The zero-order chi connectivity index (χ0) is 19.9. The molecular formula is C19H19N5O4. The summed E-state index contributed by atoms with van der Waals surface area (Å²) in [5.41, 5.74) is 1.09. The van der Waals surface area contributed by atoms with Crippen LogP contribution in [0.5, 0.6) is 0 Å². The molecule has 0 aliphatic rings. The lowest BCUT2D eigenvalue weighted by Gasteiger charge is -2.11. The smallest absolute Gasteiger partial charge is 0.358 e. The highest BCUT2D eigenvalue weighted by molar-refractivity contribution is 5.95. The molecule has 3 rings (SSSR count). The van der Waals surface area contributed by atoms with Crippen LogP contribution in [-0.2, 0) is 9.47 Å². The maximum absolute atomic E-state index is 12.3. The van der Waals surface area contributed by atoms with E-state index in [9.17, 15) is 9.59 Å². The van der Waals surface area contributed by atoms with Gasteiger partial charge in [0.2, 0.25) is 0 Å². The molecule has 0 spiro atoms. The minimum atomic E-state index is -0.553. The Morgan fingerprint density at radius 2 is 1.68 bits per heavy atom. The van der Waals surface area contributed by atoms with Crippen molar-refractivity contribution < 1.29 is 19.1 Å². The molecule has 0 aliphatic carbocycles. The van der Waals surface area contributed by atoms with Crippen molar-refractivity contribution in [3.05, 3.63) is 59.9 Å². The molecule has 2 aromatic heterocycles. The highest BCUT2D eigenvalue weighted by atomic mass is 16.5. The molecule has 0 saturated carbocycles. The number of para-hydroxylation sites is 1. The second-order valence-electron chi connectivity index (χ2n) is 5.52. The molecule has 0 atom stereocenters. The fourth-order valence-corrected chi connectivity index (χ4v) is 2.43. The van der Waals surface area contributed by atoms with Crippen molar-refractivity contribution in [2.75, 3.05) is 18.5 Å². The molecule has 0 saturated heterocycles. The van der Waals surface area contributed by atoms with Gasteiger partial charge in [-0.3, -0.25) is 0 Å². The predicted octanol–water partition coefficient (Wildman–Crippen LogP) is 2.76. The molecule has 0 unspecified atom stereocenters. The van der Waals surface area contributed by atoms with E-state index in [1.54, 1.807) is 24.6 Å². The van der Waals surface area contributed by atoms with Crippen molar-refractivity contribution in [3.63, 3.8) is 0 Å².